The largest absolute Gasteiger partial charge is 0.315 e. The number of halogens is 1. The van der Waals surface area contributed by atoms with Crippen LogP contribution >= 0.6 is 11.6 Å². The van der Waals surface area contributed by atoms with Crippen LogP contribution in [-0.2, 0) is 9.84 Å². The third-order valence-electron chi connectivity index (χ3n) is 2.64. The van der Waals surface area contributed by atoms with E-state index in [-0.39, 0.29) is 11.5 Å². The van der Waals surface area contributed by atoms with Crippen molar-refractivity contribution in [1.82, 2.24) is 5.32 Å². The van der Waals surface area contributed by atoms with Gasteiger partial charge in [0, 0.05) is 17.7 Å². The third kappa shape index (κ3) is 4.15. The van der Waals surface area contributed by atoms with Crippen LogP contribution < -0.4 is 5.32 Å². The van der Waals surface area contributed by atoms with Crippen LogP contribution in [0.5, 0.6) is 0 Å². The first-order valence-electron chi connectivity index (χ1n) is 5.08. The first-order chi connectivity index (χ1) is 6.53. The summed E-state index contributed by atoms with van der Waals surface area (Å²) in [6, 6.07) is 0. The molecule has 1 N–H and O–H groups in total. The predicted molar refractivity (Wildman–Crippen MR) is 59.6 cm³/mol. The molecule has 5 heteroatoms. The van der Waals surface area contributed by atoms with Crippen molar-refractivity contribution in [3.63, 3.8) is 0 Å². The summed E-state index contributed by atoms with van der Waals surface area (Å²) in [5.41, 5.74) is 0. The highest BCUT2D eigenvalue weighted by molar-refractivity contribution is 7.91. The number of hydrogen-bond acceptors (Lipinski definition) is 3. The highest BCUT2D eigenvalue weighted by Crippen LogP contribution is 2.30. The second-order valence-corrected chi connectivity index (χ2v) is 6.97. The van der Waals surface area contributed by atoms with Crippen LogP contribution in [0.3, 0.4) is 0 Å². The summed E-state index contributed by atoms with van der Waals surface area (Å²) in [5, 5.41) is 3.51. The highest BCUT2D eigenvalue weighted by Gasteiger charge is 2.26. The molecule has 84 valence electrons. The Bertz CT molecular complexity index is 260. The molecule has 0 aromatic rings. The average Bonchev–Trinajstić information content (AvgIpc) is 2.09. The Kier molecular flexibility index (Phi) is 4.67. The van der Waals surface area contributed by atoms with E-state index in [0.29, 0.717) is 17.8 Å². The Morgan fingerprint density at radius 1 is 1.43 bits per heavy atom. The van der Waals surface area contributed by atoms with Crippen LogP contribution in [0.15, 0.2) is 0 Å². The van der Waals surface area contributed by atoms with E-state index in [1.54, 1.807) is 6.92 Å². The molecule has 0 saturated heterocycles. The number of sulfone groups is 1. The van der Waals surface area contributed by atoms with Gasteiger partial charge < -0.3 is 5.32 Å². The van der Waals surface area contributed by atoms with Crippen molar-refractivity contribution in [2.24, 2.45) is 5.92 Å². The normalized spacial score (nSPS) is 27.3. The number of hydrogen-bond donors (Lipinski definition) is 1. The van der Waals surface area contributed by atoms with Crippen LogP contribution in [0.25, 0.3) is 0 Å². The molecule has 0 bridgehead atoms. The van der Waals surface area contributed by atoms with E-state index in [4.69, 9.17) is 11.6 Å². The maximum absolute atomic E-state index is 11.1. The fourth-order valence-corrected chi connectivity index (χ4v) is 2.75. The van der Waals surface area contributed by atoms with Gasteiger partial charge in [-0.1, -0.05) is 6.92 Å². The van der Waals surface area contributed by atoms with Gasteiger partial charge in [0.2, 0.25) is 0 Å². The van der Waals surface area contributed by atoms with Crippen LogP contribution in [0.1, 0.15) is 19.8 Å². The Balaban J connectivity index is 2.00. The molecule has 0 unspecified atom stereocenters. The predicted octanol–water partition coefficient (Wildman–Crippen LogP) is 1.03. The average molecular weight is 240 g/mol. The molecule has 0 aliphatic heterocycles. The van der Waals surface area contributed by atoms with Crippen molar-refractivity contribution in [2.45, 2.75) is 25.1 Å². The molecule has 1 aliphatic carbocycles. The van der Waals surface area contributed by atoms with Crippen molar-refractivity contribution in [2.75, 3.05) is 24.6 Å². The highest BCUT2D eigenvalue weighted by atomic mass is 35.5. The van der Waals surface area contributed by atoms with Gasteiger partial charge in [0.05, 0.1) is 5.75 Å². The zero-order valence-corrected chi connectivity index (χ0v) is 10.1. The van der Waals surface area contributed by atoms with Crippen molar-refractivity contribution >= 4 is 21.4 Å². The fraction of sp³-hybridized carbons (Fsp3) is 1.00. The van der Waals surface area contributed by atoms with Gasteiger partial charge in [0.1, 0.15) is 0 Å². The fourth-order valence-electron chi connectivity index (χ4n) is 1.50. The van der Waals surface area contributed by atoms with Gasteiger partial charge in [0.25, 0.3) is 0 Å². The zero-order valence-electron chi connectivity index (χ0n) is 8.50. The van der Waals surface area contributed by atoms with Crippen molar-refractivity contribution in [3.05, 3.63) is 0 Å². The van der Waals surface area contributed by atoms with Crippen molar-refractivity contribution in [3.8, 4) is 0 Å². The molecule has 1 saturated carbocycles. The lowest BCUT2D eigenvalue weighted by molar-refractivity contribution is 0.311. The van der Waals surface area contributed by atoms with Gasteiger partial charge in [-0.3, -0.25) is 0 Å². The molecule has 14 heavy (non-hydrogen) atoms. The molecule has 0 aromatic heterocycles. The lowest BCUT2D eigenvalue weighted by Crippen LogP contribution is -2.35. The minimum absolute atomic E-state index is 0.238. The maximum atomic E-state index is 11.1. The summed E-state index contributed by atoms with van der Waals surface area (Å²) in [6.45, 7) is 3.15. The summed E-state index contributed by atoms with van der Waals surface area (Å²) in [7, 11) is -2.81. The van der Waals surface area contributed by atoms with Gasteiger partial charge in [-0.2, -0.15) is 0 Å². The molecular formula is C9H18ClNO2S. The topological polar surface area (TPSA) is 46.2 Å². The zero-order chi connectivity index (χ0) is 10.6. The SMILES string of the molecule is CCS(=O)(=O)CCNCC1CC(Cl)C1. The Morgan fingerprint density at radius 3 is 2.57 bits per heavy atom. The van der Waals surface area contributed by atoms with Gasteiger partial charge in [-0.25, -0.2) is 8.42 Å². The summed E-state index contributed by atoms with van der Waals surface area (Å²) in [6.07, 6.45) is 2.13. The van der Waals surface area contributed by atoms with Crippen molar-refractivity contribution < 1.29 is 8.42 Å². The van der Waals surface area contributed by atoms with E-state index in [1.165, 1.54) is 0 Å². The first-order valence-corrected chi connectivity index (χ1v) is 7.34. The molecule has 1 fully saturated rings. The quantitative estimate of drug-likeness (QED) is 0.556. The molecule has 0 atom stereocenters. The van der Waals surface area contributed by atoms with Gasteiger partial charge >= 0.3 is 0 Å². The maximum Gasteiger partial charge on any atom is 0.151 e. The van der Waals surface area contributed by atoms with E-state index in [1.807, 2.05) is 0 Å². The molecule has 1 aliphatic rings. The molecule has 0 radical (unpaired) electrons. The van der Waals surface area contributed by atoms with Gasteiger partial charge in [0.15, 0.2) is 9.84 Å². The van der Waals surface area contributed by atoms with E-state index >= 15 is 0 Å². The van der Waals surface area contributed by atoms with E-state index in [2.05, 4.69) is 5.32 Å². The number of rotatable bonds is 6. The molecule has 1 rings (SSSR count). The molecule has 0 heterocycles. The second-order valence-electron chi connectivity index (χ2n) is 3.88. The monoisotopic (exact) mass is 239 g/mol. The molecule has 0 amide bonds. The second kappa shape index (κ2) is 5.33. The Hall–Kier alpha value is 0.200. The van der Waals surface area contributed by atoms with Crippen LogP contribution in [-0.4, -0.2) is 38.4 Å². The molecule has 3 nitrogen and oxygen atoms in total. The summed E-state index contributed by atoms with van der Waals surface area (Å²) in [5.74, 6) is 1.14. The van der Waals surface area contributed by atoms with Crippen LogP contribution in [0.2, 0.25) is 0 Å². The van der Waals surface area contributed by atoms with Crippen LogP contribution in [0.4, 0.5) is 0 Å². The summed E-state index contributed by atoms with van der Waals surface area (Å²) in [4.78, 5) is 0. The molecule has 0 spiro atoms. The van der Waals surface area contributed by atoms with Gasteiger partial charge in [-0.05, 0) is 25.3 Å². The first kappa shape index (κ1) is 12.3. The summed E-state index contributed by atoms with van der Waals surface area (Å²) < 4.78 is 22.2. The van der Waals surface area contributed by atoms with E-state index in [0.717, 1.165) is 19.4 Å². The third-order valence-corrected chi connectivity index (χ3v) is 4.70. The minimum atomic E-state index is -2.81. The lowest BCUT2D eigenvalue weighted by atomic mass is 9.85. The number of alkyl halides is 1. The van der Waals surface area contributed by atoms with Crippen LogP contribution in [0, 0.1) is 5.92 Å². The van der Waals surface area contributed by atoms with Crippen molar-refractivity contribution in [1.29, 1.82) is 0 Å². The Morgan fingerprint density at radius 2 is 2.07 bits per heavy atom. The smallest absolute Gasteiger partial charge is 0.151 e. The lowest BCUT2D eigenvalue weighted by Gasteiger charge is -2.30. The van der Waals surface area contributed by atoms with Gasteiger partial charge in [-0.15, -0.1) is 11.6 Å². The standard InChI is InChI=1S/C9H18ClNO2S/c1-2-14(12,13)4-3-11-7-8-5-9(10)6-8/h8-9,11H,2-7H2,1H3. The number of nitrogens with one attached hydrogen (secondary N) is 1. The van der Waals surface area contributed by atoms with E-state index < -0.39 is 9.84 Å². The Labute approximate surface area is 91.1 Å². The summed E-state index contributed by atoms with van der Waals surface area (Å²) >= 11 is 5.83. The molecule has 0 aromatic carbocycles. The van der Waals surface area contributed by atoms with E-state index in [9.17, 15) is 8.42 Å². The molecular weight excluding hydrogens is 222 g/mol. The minimum Gasteiger partial charge on any atom is -0.315 e.